The zero-order valence-electron chi connectivity index (χ0n) is 33.5. The van der Waals surface area contributed by atoms with Gasteiger partial charge in [0.2, 0.25) is 0 Å². The first-order chi connectivity index (χ1) is 29.0. The summed E-state index contributed by atoms with van der Waals surface area (Å²) in [5, 5.41) is 5.34. The van der Waals surface area contributed by atoms with Gasteiger partial charge in [-0.2, -0.15) is 0 Å². The van der Waals surface area contributed by atoms with Crippen LogP contribution in [-0.2, 0) is 11.8 Å². The average molecular weight is 773 g/mol. The molecule has 9 aromatic carbocycles. The first-order valence-electron chi connectivity index (χ1n) is 20.9. The number of fused-ring (bicyclic) bond motifs is 8. The number of thiophene rings is 1. The van der Waals surface area contributed by atoms with Crippen LogP contribution in [0.3, 0.4) is 0 Å². The first kappa shape index (κ1) is 35.6. The summed E-state index contributed by atoms with van der Waals surface area (Å²) in [5.74, 6) is 0.264. The number of benzene rings is 9. The number of rotatable bonds is 8. The molecular formula is C58H44S. The van der Waals surface area contributed by atoms with E-state index in [-0.39, 0.29) is 11.3 Å². The Balaban J connectivity index is 0.876. The predicted octanol–water partition coefficient (Wildman–Crippen LogP) is 16.3. The molecule has 1 heteroatoms. The molecule has 0 aliphatic heterocycles. The Morgan fingerprint density at radius 1 is 0.424 bits per heavy atom. The highest BCUT2D eigenvalue weighted by atomic mass is 32.1. The topological polar surface area (TPSA) is 0 Å². The summed E-state index contributed by atoms with van der Waals surface area (Å²) < 4.78 is 2.69. The first-order valence-corrected chi connectivity index (χ1v) is 21.7. The molecule has 1 aromatic heterocycles. The molecule has 10 aromatic rings. The fraction of sp³-hybridized carbons (Fsp3) is 0.103. The molecule has 1 aliphatic carbocycles. The SMILES string of the molecule is CC1(C)c2cc(C(CCc3ccc(-c4ccc(-c5ccc6sc7ccccc7c6c5)cc4)cc3)c3ccc(-c4ccccc4)cc3)ccc2-c2c1ccc1ccccc21. The van der Waals surface area contributed by atoms with Gasteiger partial charge in [0.25, 0.3) is 0 Å². The average Bonchev–Trinajstić information content (AvgIpc) is 3.78. The van der Waals surface area contributed by atoms with Gasteiger partial charge in [-0.1, -0.05) is 196 Å². The van der Waals surface area contributed by atoms with Crippen LogP contribution in [0.4, 0.5) is 0 Å². The van der Waals surface area contributed by atoms with E-state index in [2.05, 4.69) is 214 Å². The predicted molar refractivity (Wildman–Crippen MR) is 254 cm³/mol. The van der Waals surface area contributed by atoms with Gasteiger partial charge in [-0.25, -0.2) is 0 Å². The van der Waals surface area contributed by atoms with Crippen molar-refractivity contribution in [2.75, 3.05) is 0 Å². The lowest BCUT2D eigenvalue weighted by atomic mass is 9.79. The minimum Gasteiger partial charge on any atom is -0.135 e. The van der Waals surface area contributed by atoms with E-state index in [1.807, 2.05) is 11.3 Å². The van der Waals surface area contributed by atoms with Crippen molar-refractivity contribution < 1.29 is 0 Å². The second-order valence-electron chi connectivity index (χ2n) is 16.8. The van der Waals surface area contributed by atoms with Crippen LogP contribution in [0.25, 0.3) is 75.5 Å². The smallest absolute Gasteiger partial charge is 0.0355 e. The molecule has 0 spiro atoms. The van der Waals surface area contributed by atoms with E-state index in [1.54, 1.807) is 0 Å². The van der Waals surface area contributed by atoms with E-state index in [4.69, 9.17) is 0 Å². The van der Waals surface area contributed by atoms with Gasteiger partial charge in [0, 0.05) is 31.5 Å². The number of hydrogen-bond donors (Lipinski definition) is 0. The molecule has 1 aliphatic rings. The molecular weight excluding hydrogens is 729 g/mol. The minimum atomic E-state index is -0.0764. The Morgan fingerprint density at radius 2 is 1.00 bits per heavy atom. The van der Waals surface area contributed by atoms with Crippen molar-refractivity contribution in [3.8, 4) is 44.5 Å². The van der Waals surface area contributed by atoms with Crippen LogP contribution in [0, 0.1) is 0 Å². The van der Waals surface area contributed by atoms with Crippen molar-refractivity contribution in [1.29, 1.82) is 0 Å². The van der Waals surface area contributed by atoms with Crippen molar-refractivity contribution in [3.05, 3.63) is 228 Å². The largest absolute Gasteiger partial charge is 0.135 e. The lowest BCUT2D eigenvalue weighted by Crippen LogP contribution is -2.15. The number of hydrogen-bond acceptors (Lipinski definition) is 1. The Kier molecular flexibility index (Phi) is 8.68. The molecule has 1 heterocycles. The van der Waals surface area contributed by atoms with E-state index >= 15 is 0 Å². The van der Waals surface area contributed by atoms with Crippen molar-refractivity contribution in [1.82, 2.24) is 0 Å². The van der Waals surface area contributed by atoms with E-state index in [0.717, 1.165) is 12.8 Å². The Labute approximate surface area is 351 Å². The summed E-state index contributed by atoms with van der Waals surface area (Å²) in [6.07, 6.45) is 2.02. The van der Waals surface area contributed by atoms with Crippen molar-refractivity contribution >= 4 is 42.3 Å². The lowest BCUT2D eigenvalue weighted by molar-refractivity contribution is 0.655. The molecule has 0 saturated heterocycles. The van der Waals surface area contributed by atoms with Crippen molar-refractivity contribution in [2.45, 2.75) is 38.0 Å². The molecule has 0 saturated carbocycles. The maximum atomic E-state index is 2.53. The third-order valence-corrected chi connectivity index (χ3v) is 14.2. The third-order valence-electron chi connectivity index (χ3n) is 13.0. The molecule has 0 nitrogen and oxygen atoms in total. The van der Waals surface area contributed by atoms with E-state index in [0.29, 0.717) is 0 Å². The van der Waals surface area contributed by atoms with Gasteiger partial charge in [0.05, 0.1) is 0 Å². The minimum absolute atomic E-state index is 0.0764. The van der Waals surface area contributed by atoms with E-state index in [9.17, 15) is 0 Å². The molecule has 0 radical (unpaired) electrons. The Morgan fingerprint density at radius 3 is 1.76 bits per heavy atom. The molecule has 0 fully saturated rings. The summed E-state index contributed by atoms with van der Waals surface area (Å²) in [7, 11) is 0. The Hall–Kier alpha value is -6.54. The molecule has 1 atom stereocenters. The normalized spacial score (nSPS) is 13.5. The van der Waals surface area contributed by atoms with Crippen LogP contribution in [0.2, 0.25) is 0 Å². The van der Waals surface area contributed by atoms with E-state index in [1.165, 1.54) is 103 Å². The van der Waals surface area contributed by atoms with Gasteiger partial charge in [-0.3, -0.25) is 0 Å². The molecule has 0 amide bonds. The maximum Gasteiger partial charge on any atom is 0.0355 e. The third kappa shape index (κ3) is 6.29. The van der Waals surface area contributed by atoms with Gasteiger partial charge in [0.15, 0.2) is 0 Å². The summed E-state index contributed by atoms with van der Waals surface area (Å²) >= 11 is 1.87. The van der Waals surface area contributed by atoms with Crippen LogP contribution < -0.4 is 0 Å². The second-order valence-corrected chi connectivity index (χ2v) is 17.9. The highest BCUT2D eigenvalue weighted by Gasteiger charge is 2.37. The van der Waals surface area contributed by atoms with E-state index < -0.39 is 0 Å². The fourth-order valence-corrected chi connectivity index (χ4v) is 10.8. The van der Waals surface area contributed by atoms with Crippen LogP contribution in [0.1, 0.15) is 54.0 Å². The zero-order chi connectivity index (χ0) is 39.5. The fourth-order valence-electron chi connectivity index (χ4n) is 9.74. The maximum absolute atomic E-state index is 2.53. The summed E-state index contributed by atoms with van der Waals surface area (Å²) in [6.45, 7) is 4.81. The molecule has 282 valence electrons. The molecule has 11 rings (SSSR count). The van der Waals surface area contributed by atoms with Crippen LogP contribution >= 0.6 is 11.3 Å². The van der Waals surface area contributed by atoms with Gasteiger partial charge >= 0.3 is 0 Å². The van der Waals surface area contributed by atoms with Gasteiger partial charge in [-0.05, 0) is 114 Å². The molecule has 59 heavy (non-hydrogen) atoms. The summed E-state index contributed by atoms with van der Waals surface area (Å²) in [4.78, 5) is 0. The van der Waals surface area contributed by atoms with Crippen LogP contribution in [0.5, 0.6) is 0 Å². The number of aryl methyl sites for hydroxylation is 1. The van der Waals surface area contributed by atoms with Crippen LogP contribution in [0.15, 0.2) is 200 Å². The highest BCUT2D eigenvalue weighted by Crippen LogP contribution is 2.52. The highest BCUT2D eigenvalue weighted by molar-refractivity contribution is 7.25. The molecule has 0 N–H and O–H groups in total. The van der Waals surface area contributed by atoms with Crippen molar-refractivity contribution in [3.63, 3.8) is 0 Å². The van der Waals surface area contributed by atoms with Gasteiger partial charge in [0.1, 0.15) is 0 Å². The molecule has 0 bridgehead atoms. The molecule has 1 unspecified atom stereocenters. The Bertz CT molecular complexity index is 3150. The quantitative estimate of drug-likeness (QED) is 0.144. The monoisotopic (exact) mass is 772 g/mol. The second kappa shape index (κ2) is 14.4. The standard InChI is InChI=1S/C58H44S/c1-58(2)53-34-30-44-12-6-7-13-49(44)57(53)51-33-29-47(37-54(51)58)48(45-27-25-41(26-28-45)39-10-4-3-5-11-39)32-18-38-16-19-40(20-17-38)42-21-23-43(24-22-42)46-31-35-56-52(36-46)50-14-8-9-15-55(50)59-56/h3-17,19-31,33-37,48H,18,32H2,1-2H3. The van der Waals surface area contributed by atoms with Gasteiger partial charge in [-0.15, -0.1) is 11.3 Å². The van der Waals surface area contributed by atoms with Crippen LogP contribution in [-0.4, -0.2) is 0 Å². The summed E-state index contributed by atoms with van der Waals surface area (Å²) in [5.41, 5.74) is 17.2. The van der Waals surface area contributed by atoms with Crippen molar-refractivity contribution in [2.24, 2.45) is 0 Å². The summed E-state index contributed by atoms with van der Waals surface area (Å²) in [6, 6.07) is 74.9. The van der Waals surface area contributed by atoms with Gasteiger partial charge < -0.3 is 0 Å². The zero-order valence-corrected chi connectivity index (χ0v) is 34.3. The lowest BCUT2D eigenvalue weighted by Gasteiger charge is -2.24.